The minimum atomic E-state index is -0.0692. The minimum Gasteiger partial charge on any atom is -0.497 e. The van der Waals surface area contributed by atoms with E-state index < -0.39 is 0 Å². The van der Waals surface area contributed by atoms with E-state index in [0.717, 1.165) is 36.4 Å². The lowest BCUT2D eigenvalue weighted by molar-refractivity contribution is -0.910. The van der Waals surface area contributed by atoms with E-state index in [1.807, 2.05) is 18.2 Å². The second-order valence-electron chi connectivity index (χ2n) is 7.00. The van der Waals surface area contributed by atoms with Gasteiger partial charge in [0.25, 0.3) is 5.91 Å². The predicted octanol–water partition coefficient (Wildman–Crippen LogP) is 2.08. The van der Waals surface area contributed by atoms with Gasteiger partial charge in [0.1, 0.15) is 29.0 Å². The summed E-state index contributed by atoms with van der Waals surface area (Å²) in [6, 6.07) is 11.3. The van der Waals surface area contributed by atoms with Crippen molar-refractivity contribution in [3.63, 3.8) is 0 Å². The van der Waals surface area contributed by atoms with Crippen molar-refractivity contribution < 1.29 is 28.6 Å². The van der Waals surface area contributed by atoms with Crippen molar-refractivity contribution in [2.45, 2.75) is 18.9 Å². The van der Waals surface area contributed by atoms with Crippen molar-refractivity contribution in [1.82, 2.24) is 0 Å². The van der Waals surface area contributed by atoms with Gasteiger partial charge in [-0.05, 0) is 30.3 Å². The summed E-state index contributed by atoms with van der Waals surface area (Å²) in [5.41, 5.74) is 1.68. The molecule has 2 aromatic carbocycles. The number of carbonyl (C=O) groups excluding carboxylic acids is 1. The first-order valence-corrected chi connectivity index (χ1v) is 9.68. The van der Waals surface area contributed by atoms with Crippen molar-refractivity contribution in [3.05, 3.63) is 42.0 Å². The summed E-state index contributed by atoms with van der Waals surface area (Å²) < 4.78 is 21.6. The summed E-state index contributed by atoms with van der Waals surface area (Å²) in [6.07, 6.45) is 2.05. The lowest BCUT2D eigenvalue weighted by atomic mass is 10.0. The predicted molar refractivity (Wildman–Crippen MR) is 110 cm³/mol. The highest BCUT2D eigenvalue weighted by Crippen LogP contribution is 2.32. The number of ether oxygens (including phenoxy) is 4. The summed E-state index contributed by atoms with van der Waals surface area (Å²) in [4.78, 5) is 14.0. The Morgan fingerprint density at radius 2 is 1.62 bits per heavy atom. The third-order valence-corrected chi connectivity index (χ3v) is 5.36. The SMILES string of the molecule is COc1ccc(OC)c(NC(=O)C[NH+]2CCC[C@H]2c2cc(OC)ccc2OC)c1. The van der Waals surface area contributed by atoms with Crippen LogP contribution in [0.15, 0.2) is 36.4 Å². The normalized spacial score (nSPS) is 18.2. The first kappa shape index (κ1) is 20.8. The van der Waals surface area contributed by atoms with Gasteiger partial charge >= 0.3 is 0 Å². The van der Waals surface area contributed by atoms with Crippen molar-refractivity contribution in [2.75, 3.05) is 46.8 Å². The third kappa shape index (κ3) is 4.74. The van der Waals surface area contributed by atoms with Gasteiger partial charge < -0.3 is 29.2 Å². The van der Waals surface area contributed by atoms with Gasteiger partial charge in [-0.3, -0.25) is 4.79 Å². The second kappa shape index (κ2) is 9.52. The highest BCUT2D eigenvalue weighted by atomic mass is 16.5. The van der Waals surface area contributed by atoms with Crippen molar-refractivity contribution in [1.29, 1.82) is 0 Å². The van der Waals surface area contributed by atoms with Gasteiger partial charge in [0.2, 0.25) is 0 Å². The minimum absolute atomic E-state index is 0.0692. The summed E-state index contributed by atoms with van der Waals surface area (Å²) in [7, 11) is 6.49. The molecule has 3 rings (SSSR count). The molecule has 7 heteroatoms. The van der Waals surface area contributed by atoms with Crippen LogP contribution in [-0.4, -0.2) is 47.4 Å². The van der Waals surface area contributed by atoms with Gasteiger partial charge in [0.05, 0.1) is 46.2 Å². The van der Waals surface area contributed by atoms with Crippen molar-refractivity contribution in [2.24, 2.45) is 0 Å². The molecule has 0 aromatic heterocycles. The molecule has 2 N–H and O–H groups in total. The van der Waals surface area contributed by atoms with E-state index in [1.54, 1.807) is 46.6 Å². The average Bonchev–Trinajstić information content (AvgIpc) is 3.20. The zero-order chi connectivity index (χ0) is 20.8. The lowest BCUT2D eigenvalue weighted by Crippen LogP contribution is -3.11. The Morgan fingerprint density at radius 1 is 0.966 bits per heavy atom. The maximum Gasteiger partial charge on any atom is 0.279 e. The number of quaternary nitrogens is 1. The van der Waals surface area contributed by atoms with Gasteiger partial charge in [-0.25, -0.2) is 0 Å². The number of anilines is 1. The highest BCUT2D eigenvalue weighted by Gasteiger charge is 2.34. The highest BCUT2D eigenvalue weighted by molar-refractivity contribution is 5.93. The van der Waals surface area contributed by atoms with Gasteiger partial charge in [0.15, 0.2) is 6.54 Å². The van der Waals surface area contributed by atoms with Crippen LogP contribution in [-0.2, 0) is 4.79 Å². The fraction of sp³-hybridized carbons (Fsp3) is 0.409. The van der Waals surface area contributed by atoms with Gasteiger partial charge in [-0.1, -0.05) is 0 Å². The molecule has 1 unspecified atom stereocenters. The van der Waals surface area contributed by atoms with Crippen molar-refractivity contribution in [3.8, 4) is 23.0 Å². The largest absolute Gasteiger partial charge is 0.497 e. The van der Waals surface area contributed by atoms with Gasteiger partial charge in [0, 0.05) is 18.9 Å². The summed E-state index contributed by atoms with van der Waals surface area (Å²) >= 11 is 0. The Hall–Kier alpha value is -2.93. The zero-order valence-corrected chi connectivity index (χ0v) is 17.4. The summed E-state index contributed by atoms with van der Waals surface area (Å²) in [5, 5.41) is 2.97. The lowest BCUT2D eigenvalue weighted by Gasteiger charge is -2.23. The van der Waals surface area contributed by atoms with Crippen LogP contribution < -0.4 is 29.2 Å². The van der Waals surface area contributed by atoms with E-state index >= 15 is 0 Å². The standard InChI is InChI=1S/C22H28N2O5/c1-26-15-7-9-20(28-3)17(12-15)19-6-5-11-24(19)14-22(25)23-18-13-16(27-2)8-10-21(18)29-4/h7-10,12-13,19H,5-6,11,14H2,1-4H3,(H,23,25)/p+1/t19-/m0/s1. The number of methoxy groups -OCH3 is 4. The Kier molecular flexibility index (Phi) is 6.82. The van der Waals surface area contributed by atoms with E-state index in [9.17, 15) is 4.79 Å². The average molecular weight is 401 g/mol. The first-order chi connectivity index (χ1) is 14.1. The van der Waals surface area contributed by atoms with E-state index in [1.165, 1.54) is 4.90 Å². The number of amides is 1. The van der Waals surface area contributed by atoms with Crippen LogP contribution in [0.2, 0.25) is 0 Å². The number of nitrogens with one attached hydrogen (secondary N) is 2. The topological polar surface area (TPSA) is 70.5 Å². The van der Waals surface area contributed by atoms with Crippen LogP contribution in [0.5, 0.6) is 23.0 Å². The molecule has 2 atom stereocenters. The molecule has 2 aromatic rings. The molecule has 0 radical (unpaired) electrons. The number of hydrogen-bond acceptors (Lipinski definition) is 5. The monoisotopic (exact) mass is 401 g/mol. The van der Waals surface area contributed by atoms with E-state index in [2.05, 4.69) is 5.32 Å². The number of likely N-dealkylation sites (tertiary alicyclic amines) is 1. The maximum absolute atomic E-state index is 12.8. The van der Waals surface area contributed by atoms with Crippen LogP contribution in [0.4, 0.5) is 5.69 Å². The molecule has 0 saturated carbocycles. The third-order valence-electron chi connectivity index (χ3n) is 5.36. The van der Waals surface area contributed by atoms with Crippen molar-refractivity contribution >= 4 is 11.6 Å². The number of carbonyl (C=O) groups is 1. The van der Waals surface area contributed by atoms with Crippen LogP contribution in [0.3, 0.4) is 0 Å². The fourth-order valence-corrected chi connectivity index (χ4v) is 3.92. The van der Waals surface area contributed by atoms with Gasteiger partial charge in [-0.2, -0.15) is 0 Å². The van der Waals surface area contributed by atoms with Crippen LogP contribution in [0.1, 0.15) is 24.4 Å². The molecule has 156 valence electrons. The fourth-order valence-electron chi connectivity index (χ4n) is 3.92. The number of rotatable bonds is 8. The Labute approximate surface area is 171 Å². The van der Waals surface area contributed by atoms with Crippen LogP contribution in [0.25, 0.3) is 0 Å². The molecule has 1 fully saturated rings. The molecule has 1 saturated heterocycles. The number of hydrogen-bond donors (Lipinski definition) is 2. The molecule has 1 aliphatic rings. The van der Waals surface area contributed by atoms with Crippen LogP contribution in [0, 0.1) is 0 Å². The Balaban J connectivity index is 1.76. The molecule has 0 aliphatic carbocycles. The first-order valence-electron chi connectivity index (χ1n) is 9.68. The van der Waals surface area contributed by atoms with E-state index in [4.69, 9.17) is 18.9 Å². The van der Waals surface area contributed by atoms with E-state index in [-0.39, 0.29) is 11.9 Å². The molecule has 1 aliphatic heterocycles. The summed E-state index contributed by atoms with van der Waals surface area (Å²) in [5.74, 6) is 2.80. The smallest absolute Gasteiger partial charge is 0.279 e. The molecule has 7 nitrogen and oxygen atoms in total. The quantitative estimate of drug-likeness (QED) is 0.709. The van der Waals surface area contributed by atoms with E-state index in [0.29, 0.717) is 23.7 Å². The Morgan fingerprint density at radius 3 is 2.28 bits per heavy atom. The molecular weight excluding hydrogens is 372 g/mol. The molecule has 0 spiro atoms. The summed E-state index contributed by atoms with van der Waals surface area (Å²) in [6.45, 7) is 1.28. The molecular formula is C22H29N2O5+. The molecule has 0 bridgehead atoms. The Bertz CT molecular complexity index is 855. The molecule has 1 heterocycles. The maximum atomic E-state index is 12.8. The molecule has 1 amide bonds. The van der Waals surface area contributed by atoms with Crippen LogP contribution >= 0.6 is 0 Å². The van der Waals surface area contributed by atoms with Gasteiger partial charge in [-0.15, -0.1) is 0 Å². The second-order valence-corrected chi connectivity index (χ2v) is 7.00. The zero-order valence-electron chi connectivity index (χ0n) is 17.4. The molecule has 29 heavy (non-hydrogen) atoms. The number of benzene rings is 2.